The molecule has 1 aromatic rings. The van der Waals surface area contributed by atoms with Gasteiger partial charge in [-0.2, -0.15) is 22.6 Å². The van der Waals surface area contributed by atoms with Crippen molar-refractivity contribution in [2.24, 2.45) is 11.8 Å². The molecule has 1 saturated carbocycles. The zero-order valence-corrected chi connectivity index (χ0v) is 16.7. The average molecular weight is 422 g/mol. The van der Waals surface area contributed by atoms with Crippen LogP contribution >= 0.6 is 0 Å². The largest absolute Gasteiger partial charge is 0.471 e. The van der Waals surface area contributed by atoms with Crippen LogP contribution < -0.4 is 5.32 Å². The SMILES string of the molecule is Cc1nn(CC2CC2)c(C)c1S(=O)(=O)N1CCCC(CNC(=O)C(F)(F)F)C1. The van der Waals surface area contributed by atoms with Crippen LogP contribution in [-0.4, -0.2) is 54.2 Å². The maximum atomic E-state index is 13.2. The molecule has 2 fully saturated rings. The maximum Gasteiger partial charge on any atom is 0.471 e. The monoisotopic (exact) mass is 422 g/mol. The lowest BCUT2D eigenvalue weighted by Crippen LogP contribution is -2.46. The van der Waals surface area contributed by atoms with E-state index in [1.807, 2.05) is 5.32 Å². The minimum Gasteiger partial charge on any atom is -0.348 e. The fourth-order valence-corrected chi connectivity index (χ4v) is 5.58. The Balaban J connectivity index is 1.71. The number of amides is 1. The normalized spacial score (nSPS) is 21.7. The van der Waals surface area contributed by atoms with E-state index in [1.54, 1.807) is 18.5 Å². The second-order valence-corrected chi connectivity index (χ2v) is 9.58. The average Bonchev–Trinajstić information content (AvgIpc) is 3.37. The Morgan fingerprint density at radius 3 is 2.50 bits per heavy atom. The number of hydrogen-bond donors (Lipinski definition) is 1. The van der Waals surface area contributed by atoms with Crippen LogP contribution in [0.25, 0.3) is 0 Å². The van der Waals surface area contributed by atoms with Crippen molar-refractivity contribution in [3.05, 3.63) is 11.4 Å². The molecule has 1 aromatic heterocycles. The summed E-state index contributed by atoms with van der Waals surface area (Å²) in [5.41, 5.74) is 1.03. The summed E-state index contributed by atoms with van der Waals surface area (Å²) in [6, 6.07) is 0. The first-order chi connectivity index (χ1) is 13.0. The Kier molecular flexibility index (Phi) is 5.77. The predicted molar refractivity (Wildman–Crippen MR) is 95.0 cm³/mol. The molecule has 0 radical (unpaired) electrons. The number of rotatable bonds is 6. The fourth-order valence-electron chi connectivity index (χ4n) is 3.65. The van der Waals surface area contributed by atoms with E-state index in [2.05, 4.69) is 5.10 Å². The van der Waals surface area contributed by atoms with Gasteiger partial charge in [0, 0.05) is 26.2 Å². The number of sulfonamides is 1. The third-order valence-electron chi connectivity index (χ3n) is 5.33. The Hall–Kier alpha value is -1.62. The van der Waals surface area contributed by atoms with Gasteiger partial charge in [-0.25, -0.2) is 8.42 Å². The summed E-state index contributed by atoms with van der Waals surface area (Å²) in [6.07, 6.45) is -1.61. The summed E-state index contributed by atoms with van der Waals surface area (Å²) in [4.78, 5) is 11.2. The summed E-state index contributed by atoms with van der Waals surface area (Å²) in [7, 11) is -3.80. The molecule has 7 nitrogen and oxygen atoms in total. The first-order valence-electron chi connectivity index (χ1n) is 9.39. The molecule has 1 N–H and O–H groups in total. The molecule has 28 heavy (non-hydrogen) atoms. The third-order valence-corrected chi connectivity index (χ3v) is 7.45. The molecule has 1 aliphatic heterocycles. The zero-order valence-electron chi connectivity index (χ0n) is 15.9. The molecule has 2 heterocycles. The number of carbonyl (C=O) groups is 1. The molecular formula is C17H25F3N4O3S. The highest BCUT2D eigenvalue weighted by Gasteiger charge is 2.40. The van der Waals surface area contributed by atoms with Crippen LogP contribution in [0, 0.1) is 25.7 Å². The van der Waals surface area contributed by atoms with Crippen molar-refractivity contribution in [2.45, 2.75) is 57.1 Å². The van der Waals surface area contributed by atoms with Gasteiger partial charge in [0.15, 0.2) is 0 Å². The summed E-state index contributed by atoms with van der Waals surface area (Å²) < 4.78 is 66.5. The van der Waals surface area contributed by atoms with Gasteiger partial charge in [-0.3, -0.25) is 9.48 Å². The van der Waals surface area contributed by atoms with Crippen molar-refractivity contribution >= 4 is 15.9 Å². The number of aryl methyl sites for hydroxylation is 1. The van der Waals surface area contributed by atoms with E-state index in [9.17, 15) is 26.4 Å². The minimum absolute atomic E-state index is 0.0765. The number of piperidine rings is 1. The van der Waals surface area contributed by atoms with Crippen molar-refractivity contribution in [1.82, 2.24) is 19.4 Å². The highest BCUT2D eigenvalue weighted by atomic mass is 32.2. The Morgan fingerprint density at radius 2 is 1.89 bits per heavy atom. The Labute approximate surface area is 162 Å². The van der Waals surface area contributed by atoms with E-state index in [0.29, 0.717) is 43.2 Å². The lowest BCUT2D eigenvalue weighted by atomic mass is 10.00. The van der Waals surface area contributed by atoms with Gasteiger partial charge in [0.25, 0.3) is 0 Å². The number of nitrogens with one attached hydrogen (secondary N) is 1. The molecule has 11 heteroatoms. The van der Waals surface area contributed by atoms with Crippen molar-refractivity contribution < 1.29 is 26.4 Å². The second kappa shape index (κ2) is 7.66. The highest BCUT2D eigenvalue weighted by molar-refractivity contribution is 7.89. The van der Waals surface area contributed by atoms with Gasteiger partial charge in [0.1, 0.15) is 4.90 Å². The molecule has 0 bridgehead atoms. The van der Waals surface area contributed by atoms with Gasteiger partial charge in [-0.15, -0.1) is 0 Å². The first kappa shape index (κ1) is 21.1. The van der Waals surface area contributed by atoms with Crippen molar-refractivity contribution in [3.8, 4) is 0 Å². The number of hydrogen-bond acceptors (Lipinski definition) is 4. The molecular weight excluding hydrogens is 397 g/mol. The standard InChI is InChI=1S/C17H25F3N4O3S/c1-11-15(12(2)24(22-11)10-13-5-6-13)28(26,27)23-7-3-4-14(9-23)8-21-16(25)17(18,19)20/h13-14H,3-10H2,1-2H3,(H,21,25). The van der Waals surface area contributed by atoms with Crippen LogP contribution in [0.4, 0.5) is 13.2 Å². The summed E-state index contributed by atoms with van der Waals surface area (Å²) >= 11 is 0. The van der Waals surface area contributed by atoms with Gasteiger partial charge < -0.3 is 5.32 Å². The number of halogens is 3. The summed E-state index contributed by atoms with van der Waals surface area (Å²) in [6.45, 7) is 4.28. The second-order valence-electron chi connectivity index (χ2n) is 7.70. The number of alkyl halides is 3. The van der Waals surface area contributed by atoms with Crippen LogP contribution in [0.1, 0.15) is 37.1 Å². The topological polar surface area (TPSA) is 84.3 Å². The van der Waals surface area contributed by atoms with Crippen molar-refractivity contribution in [1.29, 1.82) is 0 Å². The molecule has 1 amide bonds. The molecule has 0 aromatic carbocycles. The molecule has 158 valence electrons. The molecule has 3 rings (SSSR count). The lowest BCUT2D eigenvalue weighted by Gasteiger charge is -2.32. The molecule has 1 unspecified atom stereocenters. The molecule has 2 aliphatic rings. The van der Waals surface area contributed by atoms with Crippen molar-refractivity contribution in [2.75, 3.05) is 19.6 Å². The number of aromatic nitrogens is 2. The van der Waals surface area contributed by atoms with Crippen LogP contribution in [0.2, 0.25) is 0 Å². The predicted octanol–water partition coefficient (Wildman–Crippen LogP) is 1.99. The van der Waals surface area contributed by atoms with E-state index in [4.69, 9.17) is 0 Å². The molecule has 0 spiro atoms. The lowest BCUT2D eigenvalue weighted by molar-refractivity contribution is -0.173. The fraction of sp³-hybridized carbons (Fsp3) is 0.765. The third kappa shape index (κ3) is 4.51. The van der Waals surface area contributed by atoms with Crippen LogP contribution in [-0.2, 0) is 21.4 Å². The molecule has 1 saturated heterocycles. The Bertz CT molecular complexity index is 847. The minimum atomic E-state index is -4.94. The molecule has 1 atom stereocenters. The van der Waals surface area contributed by atoms with E-state index in [1.165, 1.54) is 4.31 Å². The number of nitrogens with zero attached hydrogens (tertiary/aromatic N) is 3. The van der Waals surface area contributed by atoms with Gasteiger partial charge in [0.2, 0.25) is 10.0 Å². The first-order valence-corrected chi connectivity index (χ1v) is 10.8. The van der Waals surface area contributed by atoms with E-state index >= 15 is 0 Å². The Morgan fingerprint density at radius 1 is 1.21 bits per heavy atom. The van der Waals surface area contributed by atoms with Gasteiger partial charge in [-0.05, 0) is 51.4 Å². The summed E-state index contributed by atoms with van der Waals surface area (Å²) in [5, 5.41) is 6.24. The van der Waals surface area contributed by atoms with Gasteiger partial charge in [0.05, 0.1) is 11.4 Å². The number of carbonyl (C=O) groups excluding carboxylic acids is 1. The smallest absolute Gasteiger partial charge is 0.348 e. The van der Waals surface area contributed by atoms with E-state index < -0.39 is 22.1 Å². The van der Waals surface area contributed by atoms with Gasteiger partial charge in [-0.1, -0.05) is 0 Å². The highest BCUT2D eigenvalue weighted by Crippen LogP contribution is 2.33. The van der Waals surface area contributed by atoms with Crippen LogP contribution in [0.15, 0.2) is 4.90 Å². The molecule has 1 aliphatic carbocycles. The van der Waals surface area contributed by atoms with E-state index in [0.717, 1.165) is 12.8 Å². The zero-order chi connectivity index (χ0) is 20.7. The van der Waals surface area contributed by atoms with E-state index in [-0.39, 0.29) is 23.9 Å². The van der Waals surface area contributed by atoms with Crippen LogP contribution in [0.3, 0.4) is 0 Å². The quantitative estimate of drug-likeness (QED) is 0.760. The maximum absolute atomic E-state index is 13.2. The van der Waals surface area contributed by atoms with Crippen molar-refractivity contribution in [3.63, 3.8) is 0 Å². The van der Waals surface area contributed by atoms with Gasteiger partial charge >= 0.3 is 12.1 Å². The van der Waals surface area contributed by atoms with Crippen LogP contribution in [0.5, 0.6) is 0 Å². The summed E-state index contributed by atoms with van der Waals surface area (Å²) in [5.74, 6) is -1.82.